The lowest BCUT2D eigenvalue weighted by Crippen LogP contribution is -2.24. The SMILES string of the molecule is O=C1CC(c2nc(-c3cccc(Br)c3)no2)CN1c1ccc(F)cc1. The summed E-state index contributed by atoms with van der Waals surface area (Å²) >= 11 is 3.41. The largest absolute Gasteiger partial charge is 0.339 e. The van der Waals surface area contributed by atoms with Crippen molar-refractivity contribution in [3.63, 3.8) is 0 Å². The third kappa shape index (κ3) is 3.19. The molecule has 0 radical (unpaired) electrons. The molecule has 1 amide bonds. The summed E-state index contributed by atoms with van der Waals surface area (Å²) in [4.78, 5) is 18.4. The number of aromatic nitrogens is 2. The first-order valence-corrected chi connectivity index (χ1v) is 8.55. The average Bonchev–Trinajstić information content (AvgIpc) is 3.23. The number of nitrogens with zero attached hydrogens (tertiary/aromatic N) is 3. The van der Waals surface area contributed by atoms with Gasteiger partial charge in [0.25, 0.3) is 0 Å². The number of rotatable bonds is 3. The van der Waals surface area contributed by atoms with E-state index in [2.05, 4.69) is 26.1 Å². The quantitative estimate of drug-likeness (QED) is 0.660. The minimum absolute atomic E-state index is 0.0428. The monoisotopic (exact) mass is 401 g/mol. The van der Waals surface area contributed by atoms with Crippen LogP contribution >= 0.6 is 15.9 Å². The summed E-state index contributed by atoms with van der Waals surface area (Å²) in [5, 5.41) is 4.02. The molecule has 1 aliphatic heterocycles. The Labute approximate surface area is 151 Å². The minimum atomic E-state index is -0.331. The van der Waals surface area contributed by atoms with Gasteiger partial charge in [-0.05, 0) is 36.4 Å². The highest BCUT2D eigenvalue weighted by molar-refractivity contribution is 9.10. The number of anilines is 1. The van der Waals surface area contributed by atoms with Crippen molar-refractivity contribution >= 4 is 27.5 Å². The first kappa shape index (κ1) is 16.0. The summed E-state index contributed by atoms with van der Waals surface area (Å²) in [6.07, 6.45) is 0.289. The maximum atomic E-state index is 13.1. The summed E-state index contributed by atoms with van der Waals surface area (Å²) in [7, 11) is 0. The minimum Gasteiger partial charge on any atom is -0.339 e. The van der Waals surface area contributed by atoms with E-state index >= 15 is 0 Å². The number of benzene rings is 2. The summed E-state index contributed by atoms with van der Waals surface area (Å²) < 4.78 is 19.4. The van der Waals surface area contributed by atoms with E-state index in [-0.39, 0.29) is 24.1 Å². The molecule has 3 aromatic rings. The molecule has 5 nitrogen and oxygen atoms in total. The van der Waals surface area contributed by atoms with Gasteiger partial charge in [0.2, 0.25) is 17.6 Å². The predicted molar refractivity (Wildman–Crippen MR) is 93.5 cm³/mol. The van der Waals surface area contributed by atoms with Crippen molar-refractivity contribution in [3.05, 3.63) is 64.7 Å². The van der Waals surface area contributed by atoms with Crippen LogP contribution in [0.15, 0.2) is 57.5 Å². The van der Waals surface area contributed by atoms with E-state index in [0.29, 0.717) is 23.9 Å². The second-order valence-corrected chi connectivity index (χ2v) is 6.76. The lowest BCUT2D eigenvalue weighted by molar-refractivity contribution is -0.117. The van der Waals surface area contributed by atoms with Crippen LogP contribution in [0.3, 0.4) is 0 Å². The van der Waals surface area contributed by atoms with Gasteiger partial charge >= 0.3 is 0 Å². The fourth-order valence-electron chi connectivity index (χ4n) is 2.89. The summed E-state index contributed by atoms with van der Waals surface area (Å²) in [6, 6.07) is 13.5. The van der Waals surface area contributed by atoms with Crippen molar-refractivity contribution in [2.24, 2.45) is 0 Å². The second kappa shape index (κ2) is 6.40. The molecule has 1 unspecified atom stereocenters. The van der Waals surface area contributed by atoms with Crippen LogP contribution in [0.2, 0.25) is 0 Å². The van der Waals surface area contributed by atoms with Gasteiger partial charge in [0.1, 0.15) is 5.82 Å². The molecule has 0 aliphatic carbocycles. The number of carbonyl (C=O) groups excluding carboxylic acids is 1. The fourth-order valence-corrected chi connectivity index (χ4v) is 3.29. The molecule has 126 valence electrons. The summed E-state index contributed by atoms with van der Waals surface area (Å²) in [5.41, 5.74) is 1.50. The lowest BCUT2D eigenvalue weighted by atomic mass is 10.1. The molecule has 1 atom stereocenters. The Morgan fingerprint density at radius 3 is 2.76 bits per heavy atom. The zero-order valence-electron chi connectivity index (χ0n) is 13.0. The van der Waals surface area contributed by atoms with Crippen LogP contribution < -0.4 is 4.90 Å². The zero-order chi connectivity index (χ0) is 17.4. The van der Waals surface area contributed by atoms with E-state index in [4.69, 9.17) is 4.52 Å². The van der Waals surface area contributed by atoms with Crippen LogP contribution in [0, 0.1) is 5.82 Å². The highest BCUT2D eigenvalue weighted by Crippen LogP contribution is 2.32. The third-order valence-electron chi connectivity index (χ3n) is 4.14. The number of amides is 1. The molecule has 2 aromatic carbocycles. The molecular weight excluding hydrogens is 389 g/mol. The Morgan fingerprint density at radius 2 is 2.00 bits per heavy atom. The molecule has 1 saturated heterocycles. The molecule has 0 spiro atoms. The van der Waals surface area contributed by atoms with E-state index in [1.54, 1.807) is 17.0 Å². The van der Waals surface area contributed by atoms with Gasteiger partial charge < -0.3 is 9.42 Å². The van der Waals surface area contributed by atoms with Crippen LogP contribution in [0.25, 0.3) is 11.4 Å². The van der Waals surface area contributed by atoms with Gasteiger partial charge in [0, 0.05) is 28.7 Å². The summed E-state index contributed by atoms with van der Waals surface area (Å²) in [5.74, 6) is 0.379. The Morgan fingerprint density at radius 1 is 1.20 bits per heavy atom. The van der Waals surface area contributed by atoms with Crippen LogP contribution in [-0.4, -0.2) is 22.6 Å². The highest BCUT2D eigenvalue weighted by atomic mass is 79.9. The van der Waals surface area contributed by atoms with E-state index in [1.165, 1.54) is 12.1 Å². The number of halogens is 2. The van der Waals surface area contributed by atoms with Gasteiger partial charge in [-0.25, -0.2) is 4.39 Å². The van der Waals surface area contributed by atoms with Crippen molar-refractivity contribution < 1.29 is 13.7 Å². The molecule has 0 bridgehead atoms. The first-order valence-electron chi connectivity index (χ1n) is 7.75. The van der Waals surface area contributed by atoms with Gasteiger partial charge in [0.15, 0.2) is 0 Å². The standard InChI is InChI=1S/C18H13BrFN3O2/c19-13-3-1-2-11(8-13)17-21-18(25-22-17)12-9-16(24)23(10-12)15-6-4-14(20)5-7-15/h1-8,12H,9-10H2. The topological polar surface area (TPSA) is 59.2 Å². The van der Waals surface area contributed by atoms with Gasteiger partial charge in [0.05, 0.1) is 5.92 Å². The van der Waals surface area contributed by atoms with Gasteiger partial charge in [-0.15, -0.1) is 0 Å². The predicted octanol–water partition coefficient (Wildman–Crippen LogP) is 4.16. The van der Waals surface area contributed by atoms with Crippen molar-refractivity contribution in [3.8, 4) is 11.4 Å². The maximum Gasteiger partial charge on any atom is 0.232 e. The van der Waals surface area contributed by atoms with E-state index < -0.39 is 0 Å². The third-order valence-corrected chi connectivity index (χ3v) is 4.63. The number of carbonyl (C=O) groups is 1. The molecule has 1 aromatic heterocycles. The molecule has 1 aliphatic rings. The second-order valence-electron chi connectivity index (χ2n) is 5.85. The normalized spacial score (nSPS) is 17.3. The number of hydrogen-bond acceptors (Lipinski definition) is 4. The fraction of sp³-hybridized carbons (Fsp3) is 0.167. The van der Waals surface area contributed by atoms with Crippen LogP contribution in [0.1, 0.15) is 18.2 Å². The first-order chi connectivity index (χ1) is 12.1. The van der Waals surface area contributed by atoms with Gasteiger partial charge in [-0.1, -0.05) is 33.2 Å². The number of hydrogen-bond donors (Lipinski definition) is 0. The maximum absolute atomic E-state index is 13.1. The van der Waals surface area contributed by atoms with Crippen LogP contribution in [0.5, 0.6) is 0 Å². The average molecular weight is 402 g/mol. The van der Waals surface area contributed by atoms with Crippen molar-refractivity contribution in [1.82, 2.24) is 10.1 Å². The molecular formula is C18H13BrFN3O2. The molecule has 25 heavy (non-hydrogen) atoms. The van der Waals surface area contributed by atoms with Gasteiger partial charge in [-0.2, -0.15) is 4.98 Å². The molecule has 4 rings (SSSR count). The van der Waals surface area contributed by atoms with Crippen LogP contribution in [0.4, 0.5) is 10.1 Å². The molecule has 1 fully saturated rings. The van der Waals surface area contributed by atoms with Crippen molar-refractivity contribution in [2.45, 2.75) is 12.3 Å². The molecule has 2 heterocycles. The zero-order valence-corrected chi connectivity index (χ0v) is 14.6. The molecule has 7 heteroatoms. The van der Waals surface area contributed by atoms with Gasteiger partial charge in [-0.3, -0.25) is 4.79 Å². The van der Waals surface area contributed by atoms with Crippen LogP contribution in [-0.2, 0) is 4.79 Å². The smallest absolute Gasteiger partial charge is 0.232 e. The highest BCUT2D eigenvalue weighted by Gasteiger charge is 2.35. The van der Waals surface area contributed by atoms with E-state index in [0.717, 1.165) is 10.0 Å². The van der Waals surface area contributed by atoms with E-state index in [1.807, 2.05) is 24.3 Å². The Balaban J connectivity index is 1.55. The lowest BCUT2D eigenvalue weighted by Gasteiger charge is -2.15. The Bertz CT molecular complexity index is 926. The molecule has 0 N–H and O–H groups in total. The summed E-state index contributed by atoms with van der Waals surface area (Å²) in [6.45, 7) is 0.435. The van der Waals surface area contributed by atoms with Crippen molar-refractivity contribution in [1.29, 1.82) is 0 Å². The molecule has 0 saturated carbocycles. The van der Waals surface area contributed by atoms with E-state index in [9.17, 15) is 9.18 Å². The van der Waals surface area contributed by atoms with Crippen molar-refractivity contribution in [2.75, 3.05) is 11.4 Å². The Hall–Kier alpha value is -2.54. The Kier molecular flexibility index (Phi) is 4.09.